The van der Waals surface area contributed by atoms with E-state index in [1.165, 1.54) is 26.0 Å². The number of aliphatic hydroxyl groups excluding tert-OH is 2. The third kappa shape index (κ3) is 39.4. The summed E-state index contributed by atoms with van der Waals surface area (Å²) in [6.45, 7) is 10.5. The number of nitrogens with one attached hydrogen (secondary N) is 15. The lowest BCUT2D eigenvalue weighted by molar-refractivity contribution is -0.144. The van der Waals surface area contributed by atoms with Crippen molar-refractivity contribution in [3.63, 3.8) is 0 Å². The lowest BCUT2D eigenvalue weighted by Crippen LogP contribution is -2.62. The molecule has 0 aromatic heterocycles. The van der Waals surface area contributed by atoms with Gasteiger partial charge in [0.1, 0.15) is 78.3 Å². The van der Waals surface area contributed by atoms with E-state index in [9.17, 15) is 102 Å². The Morgan fingerprint density at radius 2 is 0.829 bits per heavy atom. The second kappa shape index (κ2) is 53.9. The normalized spacial score (nSPS) is 14.8. The largest absolute Gasteiger partial charge is 0.508 e. The van der Waals surface area contributed by atoms with Gasteiger partial charge in [-0.25, -0.2) is 4.79 Å². The number of rotatable bonds is 57. The number of guanidine groups is 1. The molecular weight excluding hydrogens is 1530 g/mol. The first-order chi connectivity index (χ1) is 55.2. The molecule has 0 saturated heterocycles. The molecule has 2 aromatic rings. The Labute approximate surface area is 679 Å². The summed E-state index contributed by atoms with van der Waals surface area (Å²) in [4.78, 5) is 218. The van der Waals surface area contributed by atoms with Crippen molar-refractivity contribution in [2.24, 2.45) is 52.3 Å². The van der Waals surface area contributed by atoms with Gasteiger partial charge in [-0.1, -0.05) is 104 Å². The average Bonchev–Trinajstić information content (AvgIpc) is 0.853. The highest BCUT2D eigenvalue weighted by Crippen LogP contribution is 2.17. The summed E-state index contributed by atoms with van der Waals surface area (Å²) >= 11 is 0. The Bertz CT molecular complexity index is 3610. The van der Waals surface area contributed by atoms with E-state index in [0.29, 0.717) is 24.0 Å². The molecule has 0 unspecified atom stereocenters. The van der Waals surface area contributed by atoms with E-state index in [0.717, 1.165) is 0 Å². The minimum atomic E-state index is -1.91. The summed E-state index contributed by atoms with van der Waals surface area (Å²) in [7, 11) is 0. The predicted molar refractivity (Wildman–Crippen MR) is 427 cm³/mol. The highest BCUT2D eigenvalue weighted by molar-refractivity contribution is 6.00. The first kappa shape index (κ1) is 102. The summed E-state index contributed by atoms with van der Waals surface area (Å²) in [6, 6.07) is -5.24. The fourth-order valence-corrected chi connectivity index (χ4v) is 11.8. The Hall–Kier alpha value is -11.2. The van der Waals surface area contributed by atoms with Crippen LogP contribution in [-0.2, 0) is 89.6 Å². The molecule has 654 valence electrons. The number of carboxylic acids is 2. The van der Waals surface area contributed by atoms with E-state index in [-0.39, 0.29) is 108 Å². The highest BCUT2D eigenvalue weighted by Gasteiger charge is 2.39. The molecule has 0 aliphatic rings. The molecule has 117 heavy (non-hydrogen) atoms. The van der Waals surface area contributed by atoms with Gasteiger partial charge in [0.25, 0.3) is 0 Å². The SMILES string of the molecule is CC[C@H](C)[C@H](NC(=O)[C@@H](NC(=O)[C@H](CO)NC(=O)[C@H](CC(C)C)NC(=O)[C@H](CCCCN)NC(=O)[C@H](CO)NC(=O)[C@H](CCC(=O)O)NC(=O)[C@H](CC(C)C)NC(=O)[C@H](CCCCN)NC(=O)CNC(=O)[C@H](Cc1ccccc1)NC(=O)[C@@H](N)Cc1ccc(O)cc1)C(C)C)C(=O)N[C@@H](CCCNC(=N)N)C(=O)N[C@@H](CC(N)=O)C(=O)O. The van der Waals surface area contributed by atoms with Crippen molar-refractivity contribution >= 4 is 101 Å². The molecule has 14 atom stereocenters. The molecule has 2 aromatic carbocycles. The number of nitrogens with two attached hydrogens (primary N) is 5. The number of hydrogen-bond donors (Lipinski definition) is 25. The van der Waals surface area contributed by atoms with Crippen LogP contribution in [0.1, 0.15) is 156 Å². The number of aliphatic hydroxyl groups is 2. The smallest absolute Gasteiger partial charge is 0.326 e. The molecule has 41 heteroatoms. The molecule has 0 aliphatic heterocycles. The average molecular weight is 1650 g/mol. The van der Waals surface area contributed by atoms with Gasteiger partial charge < -0.3 is 129 Å². The van der Waals surface area contributed by atoms with Crippen LogP contribution in [0.5, 0.6) is 5.75 Å². The van der Waals surface area contributed by atoms with Crippen molar-refractivity contribution in [3.8, 4) is 5.75 Å². The topological polar surface area (TPSA) is 697 Å². The number of carbonyl (C=O) groups excluding carboxylic acids is 14. The predicted octanol–water partition coefficient (Wildman–Crippen LogP) is -5.44. The second-order valence-corrected chi connectivity index (χ2v) is 29.8. The van der Waals surface area contributed by atoms with Crippen LogP contribution in [0.25, 0.3) is 0 Å². The maximum absolute atomic E-state index is 14.4. The third-order valence-electron chi connectivity index (χ3n) is 18.5. The van der Waals surface area contributed by atoms with E-state index in [1.54, 1.807) is 84.0 Å². The first-order valence-corrected chi connectivity index (χ1v) is 39.1. The standard InChI is InChI=1S/C76H124N20O21/c1-9-43(8)62(74(115)88-50(22-17-31-83-76(81)82)67(108)92-55(75(116)117)36-58(80)100)96-73(114)61(42(6)7)95-72(113)57(39-98)94-70(111)53(33-41(4)5)91-66(107)49(21-14-16-30-78)86-71(112)56(38-97)93-68(109)51(27-28-60(102)103)87-69(110)52(32-40(2)3)90-65(106)48(20-13-15-29-77)85-59(101)37-84-64(105)54(35-44-18-11-10-12-19-44)89-63(104)47(79)34-45-23-25-46(99)26-24-45/h10-12,18-19,23-26,40-43,47-57,61-62,97-99H,9,13-17,20-22,27-39,77-79H2,1-8H3,(H2,80,100)(H,84,105)(H,85,101)(H,86,112)(H,87,110)(H,88,115)(H,89,104)(H,90,106)(H,91,107)(H,92,108)(H,93,109)(H,94,111)(H,95,113)(H,96,114)(H,102,103)(H,116,117)(H4,81,82,83)/t43-,47-,48-,49-,50-,51-,52-,53-,54-,55-,56-,57-,61-,62-/m0/s1. The van der Waals surface area contributed by atoms with Crippen molar-refractivity contribution in [2.45, 2.75) is 237 Å². The van der Waals surface area contributed by atoms with Crippen LogP contribution in [0.15, 0.2) is 54.6 Å². The van der Waals surface area contributed by atoms with Crippen LogP contribution >= 0.6 is 0 Å². The number of phenols is 1. The number of carbonyl (C=O) groups is 16. The summed E-state index contributed by atoms with van der Waals surface area (Å²) in [5.41, 5.74) is 29.6. The van der Waals surface area contributed by atoms with Crippen LogP contribution in [-0.4, -0.2) is 244 Å². The molecule has 0 aliphatic carbocycles. The fraction of sp³-hybridized carbons (Fsp3) is 0.618. The second-order valence-electron chi connectivity index (χ2n) is 29.8. The van der Waals surface area contributed by atoms with Crippen LogP contribution in [0.3, 0.4) is 0 Å². The van der Waals surface area contributed by atoms with Gasteiger partial charge in [-0.05, 0) is 137 Å². The minimum Gasteiger partial charge on any atom is -0.508 e. The van der Waals surface area contributed by atoms with Crippen LogP contribution in [0.2, 0.25) is 0 Å². The number of phenolic OH excluding ortho intramolecular Hbond substituents is 1. The van der Waals surface area contributed by atoms with Crippen molar-refractivity contribution in [3.05, 3.63) is 65.7 Å². The molecular formula is C76H124N20O21. The Kier molecular flexibility index (Phi) is 46.9. The van der Waals surface area contributed by atoms with Crippen molar-refractivity contribution in [1.82, 2.24) is 74.4 Å². The van der Waals surface area contributed by atoms with Gasteiger partial charge in [-0.3, -0.25) is 77.3 Å². The number of hydrogen-bond acceptors (Lipinski definition) is 23. The molecule has 0 bridgehead atoms. The quantitative estimate of drug-likeness (QED) is 0.0167. The Morgan fingerprint density at radius 1 is 0.427 bits per heavy atom. The summed E-state index contributed by atoms with van der Waals surface area (Å²) in [5.74, 6) is -19.3. The lowest BCUT2D eigenvalue weighted by atomic mass is 9.95. The van der Waals surface area contributed by atoms with Gasteiger partial charge in [-0.15, -0.1) is 0 Å². The van der Waals surface area contributed by atoms with Gasteiger partial charge >= 0.3 is 11.9 Å². The number of aliphatic carboxylic acids is 2. The molecule has 0 saturated carbocycles. The third-order valence-corrected chi connectivity index (χ3v) is 18.5. The van der Waals surface area contributed by atoms with E-state index in [4.69, 9.17) is 34.1 Å². The van der Waals surface area contributed by atoms with Crippen molar-refractivity contribution in [2.75, 3.05) is 39.4 Å². The van der Waals surface area contributed by atoms with Crippen molar-refractivity contribution in [1.29, 1.82) is 5.41 Å². The summed E-state index contributed by atoms with van der Waals surface area (Å²) in [6.07, 6.45) is -1.20. The van der Waals surface area contributed by atoms with Gasteiger partial charge in [0.15, 0.2) is 5.96 Å². The fourth-order valence-electron chi connectivity index (χ4n) is 11.8. The van der Waals surface area contributed by atoms with Crippen LogP contribution < -0.4 is 103 Å². The van der Waals surface area contributed by atoms with E-state index < -0.39 is 230 Å². The van der Waals surface area contributed by atoms with E-state index >= 15 is 0 Å². The number of amides is 14. The van der Waals surface area contributed by atoms with Gasteiger partial charge in [-0.2, -0.15) is 0 Å². The zero-order valence-corrected chi connectivity index (χ0v) is 67.7. The summed E-state index contributed by atoms with van der Waals surface area (Å²) in [5, 5.41) is 92.5. The van der Waals surface area contributed by atoms with E-state index in [2.05, 4.69) is 74.4 Å². The maximum Gasteiger partial charge on any atom is 0.326 e. The molecule has 0 spiro atoms. The molecule has 0 heterocycles. The number of aromatic hydroxyl groups is 1. The number of carboxylic acid groups (broad SMARTS) is 2. The number of benzene rings is 2. The van der Waals surface area contributed by atoms with Crippen LogP contribution in [0, 0.1) is 29.1 Å². The zero-order valence-electron chi connectivity index (χ0n) is 67.7. The first-order valence-electron chi connectivity index (χ1n) is 39.1. The number of unbranched alkanes of at least 4 members (excludes halogenated alkanes) is 2. The van der Waals surface area contributed by atoms with E-state index in [1.807, 2.05) is 0 Å². The molecule has 30 N–H and O–H groups in total. The lowest BCUT2D eigenvalue weighted by Gasteiger charge is -2.30. The monoisotopic (exact) mass is 1650 g/mol. The highest BCUT2D eigenvalue weighted by atomic mass is 16.4. The molecule has 14 amide bonds. The van der Waals surface area contributed by atoms with Crippen LogP contribution in [0.4, 0.5) is 0 Å². The zero-order chi connectivity index (χ0) is 88.2. The van der Waals surface area contributed by atoms with Gasteiger partial charge in [0.05, 0.1) is 32.2 Å². The Morgan fingerprint density at radius 3 is 1.27 bits per heavy atom. The molecule has 2 rings (SSSR count). The maximum atomic E-state index is 14.4. The molecule has 41 nitrogen and oxygen atoms in total. The molecule has 0 fully saturated rings. The molecule has 0 radical (unpaired) electrons. The minimum absolute atomic E-state index is 0.00721. The van der Waals surface area contributed by atoms with Gasteiger partial charge in [0.2, 0.25) is 82.7 Å². The summed E-state index contributed by atoms with van der Waals surface area (Å²) < 4.78 is 0. The Balaban J connectivity index is 2.39. The van der Waals surface area contributed by atoms with Crippen molar-refractivity contribution < 1.29 is 102 Å². The number of primary amides is 1. The van der Waals surface area contributed by atoms with Gasteiger partial charge in [0, 0.05) is 19.4 Å².